The van der Waals surface area contributed by atoms with Crippen molar-refractivity contribution >= 4 is 11.7 Å². The number of carbonyl (C=O) groups excluding carboxylic acids is 2. The van der Waals surface area contributed by atoms with Gasteiger partial charge in [-0.2, -0.15) is 0 Å². The minimum Gasteiger partial charge on any atom is -0.394 e. The first kappa shape index (κ1) is 35.1. The first-order valence-electron chi connectivity index (χ1n) is 16.1. The summed E-state index contributed by atoms with van der Waals surface area (Å²) in [5.74, 6) is -0.114. The summed E-state index contributed by atoms with van der Waals surface area (Å²) < 4.78 is 0. The molecule has 1 atom stereocenters. The van der Waals surface area contributed by atoms with Crippen molar-refractivity contribution in [3.8, 4) is 0 Å². The SMILES string of the molecule is CCCCCCCCCCCCCCCC(=O)[C@H](CO)NC(=O)CCCCCCCCCCCCC. The zero-order valence-corrected chi connectivity index (χ0v) is 24.4. The van der Waals surface area contributed by atoms with Crippen molar-refractivity contribution in [3.05, 3.63) is 0 Å². The van der Waals surface area contributed by atoms with Gasteiger partial charge in [0, 0.05) is 12.8 Å². The lowest BCUT2D eigenvalue weighted by atomic mass is 10.0. The fraction of sp³-hybridized carbons (Fsp3) is 0.938. The molecule has 0 aliphatic rings. The number of ketones is 1. The molecule has 0 aromatic rings. The molecular formula is C32H63NO3. The van der Waals surface area contributed by atoms with Gasteiger partial charge in [0.25, 0.3) is 0 Å². The number of rotatable bonds is 29. The molecule has 4 heteroatoms. The van der Waals surface area contributed by atoms with Gasteiger partial charge in [-0.25, -0.2) is 0 Å². The van der Waals surface area contributed by atoms with Gasteiger partial charge >= 0.3 is 0 Å². The van der Waals surface area contributed by atoms with Crippen molar-refractivity contribution in [3.63, 3.8) is 0 Å². The summed E-state index contributed by atoms with van der Waals surface area (Å²) >= 11 is 0. The smallest absolute Gasteiger partial charge is 0.220 e. The maximum atomic E-state index is 12.4. The Balaban J connectivity index is 3.58. The van der Waals surface area contributed by atoms with Crippen LogP contribution in [0.15, 0.2) is 0 Å². The van der Waals surface area contributed by atoms with Crippen LogP contribution in [0, 0.1) is 0 Å². The van der Waals surface area contributed by atoms with E-state index in [1.54, 1.807) is 0 Å². The van der Waals surface area contributed by atoms with E-state index >= 15 is 0 Å². The average Bonchev–Trinajstić information content (AvgIpc) is 2.88. The minimum absolute atomic E-state index is 0.0205. The predicted octanol–water partition coefficient (Wildman–Crippen LogP) is 9.22. The molecule has 4 nitrogen and oxygen atoms in total. The Labute approximate surface area is 225 Å². The van der Waals surface area contributed by atoms with Gasteiger partial charge in [0.15, 0.2) is 5.78 Å². The van der Waals surface area contributed by atoms with E-state index in [4.69, 9.17) is 0 Å². The highest BCUT2D eigenvalue weighted by atomic mass is 16.3. The first-order valence-corrected chi connectivity index (χ1v) is 16.1. The highest BCUT2D eigenvalue weighted by Gasteiger charge is 2.18. The number of amides is 1. The predicted molar refractivity (Wildman–Crippen MR) is 155 cm³/mol. The van der Waals surface area contributed by atoms with E-state index in [0.29, 0.717) is 12.8 Å². The zero-order valence-electron chi connectivity index (χ0n) is 24.4. The molecular weight excluding hydrogens is 446 g/mol. The third-order valence-corrected chi connectivity index (χ3v) is 7.44. The second kappa shape index (κ2) is 28.7. The average molecular weight is 510 g/mol. The standard InChI is InChI=1S/C32H63NO3/c1-3-5-7-9-11-13-15-16-18-19-21-23-25-27-31(35)30(29-34)33-32(36)28-26-24-22-20-17-14-12-10-8-6-4-2/h30,34H,3-29H2,1-2H3,(H,33,36)/t30-/m0/s1. The minimum atomic E-state index is -0.720. The molecule has 0 spiro atoms. The molecule has 0 saturated heterocycles. The van der Waals surface area contributed by atoms with E-state index in [2.05, 4.69) is 19.2 Å². The highest BCUT2D eigenvalue weighted by molar-refractivity contribution is 5.89. The van der Waals surface area contributed by atoms with Gasteiger partial charge in [0.05, 0.1) is 6.61 Å². The molecule has 0 fully saturated rings. The Morgan fingerprint density at radius 2 is 0.806 bits per heavy atom. The molecule has 0 aromatic carbocycles. The van der Waals surface area contributed by atoms with Gasteiger partial charge in [-0.05, 0) is 12.8 Å². The highest BCUT2D eigenvalue weighted by Crippen LogP contribution is 2.14. The van der Waals surface area contributed by atoms with Gasteiger partial charge < -0.3 is 10.4 Å². The monoisotopic (exact) mass is 509 g/mol. The molecule has 0 aliphatic carbocycles. The lowest BCUT2D eigenvalue weighted by Gasteiger charge is -2.15. The van der Waals surface area contributed by atoms with E-state index in [1.807, 2.05) is 0 Å². The van der Waals surface area contributed by atoms with Gasteiger partial charge in [-0.1, -0.05) is 155 Å². The van der Waals surface area contributed by atoms with Gasteiger partial charge in [-0.15, -0.1) is 0 Å². The van der Waals surface area contributed by atoms with E-state index < -0.39 is 6.04 Å². The van der Waals surface area contributed by atoms with E-state index in [9.17, 15) is 14.7 Å². The maximum Gasteiger partial charge on any atom is 0.220 e. The summed E-state index contributed by atoms with van der Waals surface area (Å²) in [6, 6.07) is -0.720. The molecule has 0 bridgehead atoms. The topological polar surface area (TPSA) is 66.4 Å². The number of Topliss-reactive ketones (excluding diaryl/α,β-unsaturated/α-hetero) is 1. The van der Waals surface area contributed by atoms with Crippen LogP contribution >= 0.6 is 0 Å². The summed E-state index contributed by atoms with van der Waals surface area (Å²) in [5, 5.41) is 12.3. The lowest BCUT2D eigenvalue weighted by Crippen LogP contribution is -2.43. The van der Waals surface area contributed by atoms with Crippen molar-refractivity contribution in [1.29, 1.82) is 0 Å². The summed E-state index contributed by atoms with van der Waals surface area (Å²) in [5.41, 5.74) is 0. The molecule has 0 radical (unpaired) electrons. The molecule has 0 heterocycles. The number of carbonyl (C=O) groups is 2. The number of nitrogens with one attached hydrogen (secondary N) is 1. The molecule has 0 aromatic heterocycles. The molecule has 2 N–H and O–H groups in total. The van der Waals surface area contributed by atoms with Crippen LogP contribution in [0.3, 0.4) is 0 Å². The second-order valence-electron chi connectivity index (χ2n) is 11.0. The fourth-order valence-corrected chi connectivity index (χ4v) is 4.94. The Kier molecular flexibility index (Phi) is 28.0. The number of hydrogen-bond acceptors (Lipinski definition) is 3. The van der Waals surface area contributed by atoms with Crippen molar-refractivity contribution < 1.29 is 14.7 Å². The third kappa shape index (κ3) is 24.8. The van der Waals surface area contributed by atoms with Gasteiger partial charge in [-0.3, -0.25) is 9.59 Å². The maximum absolute atomic E-state index is 12.4. The zero-order chi connectivity index (χ0) is 26.5. The number of hydrogen-bond donors (Lipinski definition) is 2. The number of aliphatic hydroxyl groups excluding tert-OH is 1. The fourth-order valence-electron chi connectivity index (χ4n) is 4.94. The first-order chi connectivity index (χ1) is 17.7. The molecule has 0 saturated carbocycles. The van der Waals surface area contributed by atoms with E-state index in [0.717, 1.165) is 25.7 Å². The normalized spacial score (nSPS) is 12.1. The molecule has 0 unspecified atom stereocenters. The Hall–Kier alpha value is -0.900. The molecule has 36 heavy (non-hydrogen) atoms. The van der Waals surface area contributed by atoms with E-state index in [1.165, 1.54) is 128 Å². The largest absolute Gasteiger partial charge is 0.394 e. The number of unbranched alkanes of at least 4 members (excludes halogenated alkanes) is 22. The third-order valence-electron chi connectivity index (χ3n) is 7.44. The quantitative estimate of drug-likeness (QED) is 0.0987. The van der Waals surface area contributed by atoms with E-state index in [-0.39, 0.29) is 18.3 Å². The van der Waals surface area contributed by atoms with Crippen molar-refractivity contribution in [2.45, 2.75) is 187 Å². The van der Waals surface area contributed by atoms with Gasteiger partial charge in [0.2, 0.25) is 5.91 Å². The lowest BCUT2D eigenvalue weighted by molar-refractivity contribution is -0.128. The Morgan fingerprint density at radius 3 is 1.14 bits per heavy atom. The molecule has 0 rings (SSSR count). The van der Waals surface area contributed by atoms with Crippen LogP contribution in [-0.2, 0) is 9.59 Å². The number of aliphatic hydroxyl groups is 1. The van der Waals surface area contributed by atoms with Crippen LogP contribution < -0.4 is 5.32 Å². The summed E-state index contributed by atoms with van der Waals surface area (Å²) in [6.07, 6.45) is 31.4. The molecule has 1 amide bonds. The molecule has 0 aliphatic heterocycles. The Bertz CT molecular complexity index is 480. The summed E-state index contributed by atoms with van der Waals surface area (Å²) in [6.45, 7) is 4.23. The van der Waals surface area contributed by atoms with Crippen LogP contribution in [0.25, 0.3) is 0 Å². The van der Waals surface area contributed by atoms with Crippen LogP contribution in [-0.4, -0.2) is 29.4 Å². The molecule has 214 valence electrons. The van der Waals surface area contributed by atoms with Crippen molar-refractivity contribution in [2.75, 3.05) is 6.61 Å². The van der Waals surface area contributed by atoms with Crippen LogP contribution in [0.5, 0.6) is 0 Å². The Morgan fingerprint density at radius 1 is 0.500 bits per heavy atom. The summed E-state index contributed by atoms with van der Waals surface area (Å²) in [7, 11) is 0. The van der Waals surface area contributed by atoms with Crippen LogP contribution in [0.4, 0.5) is 0 Å². The second-order valence-corrected chi connectivity index (χ2v) is 11.0. The van der Waals surface area contributed by atoms with Gasteiger partial charge in [0.1, 0.15) is 6.04 Å². The van der Waals surface area contributed by atoms with Crippen molar-refractivity contribution in [1.82, 2.24) is 5.32 Å². The van der Waals surface area contributed by atoms with Crippen LogP contribution in [0.1, 0.15) is 181 Å². The van der Waals surface area contributed by atoms with Crippen molar-refractivity contribution in [2.24, 2.45) is 0 Å². The van der Waals surface area contributed by atoms with Crippen LogP contribution in [0.2, 0.25) is 0 Å². The summed E-state index contributed by atoms with van der Waals surface area (Å²) in [4.78, 5) is 24.6.